The van der Waals surface area contributed by atoms with Gasteiger partial charge in [0, 0.05) is 24.9 Å². The van der Waals surface area contributed by atoms with Crippen molar-refractivity contribution in [3.8, 4) is 5.75 Å². The van der Waals surface area contributed by atoms with Crippen LogP contribution in [0.25, 0.3) is 0 Å². The van der Waals surface area contributed by atoms with Crippen molar-refractivity contribution in [3.63, 3.8) is 0 Å². The lowest BCUT2D eigenvalue weighted by Crippen LogP contribution is -2.44. The summed E-state index contributed by atoms with van der Waals surface area (Å²) in [5, 5.41) is 14.2. The van der Waals surface area contributed by atoms with E-state index in [4.69, 9.17) is 9.84 Å². The fraction of sp³-hybridized carbons (Fsp3) is 0.500. The number of carbonyl (C=O) groups excluding carboxylic acids is 1. The van der Waals surface area contributed by atoms with Crippen LogP contribution in [0.1, 0.15) is 44.7 Å². The number of carboxylic acids is 1. The number of hydrogen-bond donors (Lipinski definition) is 3. The van der Waals surface area contributed by atoms with Gasteiger partial charge in [0.1, 0.15) is 11.4 Å². The molecule has 0 saturated carbocycles. The van der Waals surface area contributed by atoms with Crippen LogP contribution in [0.5, 0.6) is 5.75 Å². The highest BCUT2D eigenvalue weighted by Crippen LogP contribution is 2.39. The van der Waals surface area contributed by atoms with Crippen molar-refractivity contribution < 1.29 is 19.4 Å². The molecule has 1 atom stereocenters. The molecule has 2 rings (SSSR count). The summed E-state index contributed by atoms with van der Waals surface area (Å²) >= 11 is 0. The second-order valence-electron chi connectivity index (χ2n) is 6.05. The highest BCUT2D eigenvalue weighted by atomic mass is 16.5. The highest BCUT2D eigenvalue weighted by molar-refractivity contribution is 5.74. The Morgan fingerprint density at radius 2 is 2.09 bits per heavy atom. The van der Waals surface area contributed by atoms with Crippen LogP contribution in [0.3, 0.4) is 0 Å². The zero-order valence-corrected chi connectivity index (χ0v) is 12.9. The fourth-order valence-electron chi connectivity index (χ4n) is 2.58. The van der Waals surface area contributed by atoms with Crippen LogP contribution in [0.2, 0.25) is 0 Å². The molecule has 22 heavy (non-hydrogen) atoms. The van der Waals surface area contributed by atoms with Gasteiger partial charge >= 0.3 is 12.0 Å². The molecule has 0 spiro atoms. The lowest BCUT2D eigenvalue weighted by molar-refractivity contribution is -0.137. The molecule has 120 valence electrons. The average Bonchev–Trinajstić information content (AvgIpc) is 2.42. The first-order valence-electron chi connectivity index (χ1n) is 7.41. The summed E-state index contributed by atoms with van der Waals surface area (Å²) in [6, 6.07) is 7.25. The molecule has 6 heteroatoms. The second kappa shape index (κ2) is 6.68. The van der Waals surface area contributed by atoms with E-state index in [1.807, 2.05) is 38.1 Å². The third-order valence-corrected chi connectivity index (χ3v) is 3.53. The number of ether oxygens (including phenoxy) is 1. The monoisotopic (exact) mass is 306 g/mol. The number of fused-ring (bicyclic) bond motifs is 1. The standard InChI is InChI=1S/C16H22N2O4/c1-16(2)10-12(11-6-3-4-7-13(11)22-16)18-15(21)17-9-5-8-14(19)20/h3-4,6-7,12H,5,8-10H2,1-2H3,(H,19,20)(H2,17,18,21). The molecule has 1 aromatic rings. The zero-order chi connectivity index (χ0) is 16.2. The van der Waals surface area contributed by atoms with E-state index >= 15 is 0 Å². The third kappa shape index (κ3) is 4.38. The van der Waals surface area contributed by atoms with E-state index < -0.39 is 5.97 Å². The van der Waals surface area contributed by atoms with Crippen molar-refractivity contribution in [2.45, 2.75) is 44.8 Å². The van der Waals surface area contributed by atoms with E-state index in [9.17, 15) is 9.59 Å². The van der Waals surface area contributed by atoms with E-state index in [0.29, 0.717) is 19.4 Å². The number of carboxylic acid groups (broad SMARTS) is 1. The van der Waals surface area contributed by atoms with Crippen LogP contribution in [-0.2, 0) is 4.79 Å². The lowest BCUT2D eigenvalue weighted by Gasteiger charge is -2.37. The van der Waals surface area contributed by atoms with Crippen molar-refractivity contribution in [3.05, 3.63) is 29.8 Å². The first kappa shape index (κ1) is 16.1. The smallest absolute Gasteiger partial charge is 0.315 e. The minimum absolute atomic E-state index is 0.0490. The van der Waals surface area contributed by atoms with Crippen LogP contribution in [-0.4, -0.2) is 29.3 Å². The van der Waals surface area contributed by atoms with Crippen molar-refractivity contribution in [2.24, 2.45) is 0 Å². The van der Waals surface area contributed by atoms with Gasteiger partial charge < -0.3 is 20.5 Å². The normalized spacial score (nSPS) is 18.7. The molecule has 0 aliphatic carbocycles. The summed E-state index contributed by atoms with van der Waals surface area (Å²) in [4.78, 5) is 22.4. The van der Waals surface area contributed by atoms with E-state index in [0.717, 1.165) is 11.3 Å². The SMILES string of the molecule is CC1(C)CC(NC(=O)NCCCC(=O)O)c2ccccc2O1. The number of amides is 2. The Labute approximate surface area is 129 Å². The number of benzene rings is 1. The third-order valence-electron chi connectivity index (χ3n) is 3.53. The number of hydrogen-bond acceptors (Lipinski definition) is 3. The van der Waals surface area contributed by atoms with E-state index in [2.05, 4.69) is 10.6 Å². The van der Waals surface area contributed by atoms with Crippen LogP contribution in [0.15, 0.2) is 24.3 Å². The summed E-state index contributed by atoms with van der Waals surface area (Å²) in [5.41, 5.74) is 0.609. The van der Waals surface area contributed by atoms with Crippen molar-refractivity contribution in [1.29, 1.82) is 0 Å². The number of urea groups is 1. The van der Waals surface area contributed by atoms with Gasteiger partial charge in [-0.2, -0.15) is 0 Å². The van der Waals surface area contributed by atoms with Crippen molar-refractivity contribution in [1.82, 2.24) is 10.6 Å². The number of carbonyl (C=O) groups is 2. The van der Waals surface area contributed by atoms with Crippen LogP contribution < -0.4 is 15.4 Å². The van der Waals surface area contributed by atoms with Gasteiger partial charge in [-0.25, -0.2) is 4.79 Å². The van der Waals surface area contributed by atoms with Gasteiger partial charge in [0.15, 0.2) is 0 Å². The number of aliphatic carboxylic acids is 1. The Morgan fingerprint density at radius 1 is 1.36 bits per heavy atom. The van der Waals surface area contributed by atoms with Gasteiger partial charge in [0.25, 0.3) is 0 Å². The largest absolute Gasteiger partial charge is 0.487 e. The lowest BCUT2D eigenvalue weighted by atomic mass is 9.90. The molecule has 1 heterocycles. The maximum atomic E-state index is 12.0. The molecule has 3 N–H and O–H groups in total. The van der Waals surface area contributed by atoms with Gasteiger partial charge in [-0.1, -0.05) is 18.2 Å². The van der Waals surface area contributed by atoms with E-state index in [1.165, 1.54) is 0 Å². The first-order chi connectivity index (χ1) is 10.4. The molecule has 2 amide bonds. The van der Waals surface area contributed by atoms with Crippen LogP contribution >= 0.6 is 0 Å². The van der Waals surface area contributed by atoms with Crippen LogP contribution in [0, 0.1) is 0 Å². The van der Waals surface area contributed by atoms with E-state index in [-0.39, 0.29) is 24.1 Å². The molecule has 0 radical (unpaired) electrons. The second-order valence-corrected chi connectivity index (χ2v) is 6.05. The molecule has 1 aliphatic rings. The van der Waals surface area contributed by atoms with Gasteiger partial charge in [0.2, 0.25) is 0 Å². The first-order valence-corrected chi connectivity index (χ1v) is 7.41. The quantitative estimate of drug-likeness (QED) is 0.729. The Balaban J connectivity index is 1.94. The maximum Gasteiger partial charge on any atom is 0.315 e. The summed E-state index contributed by atoms with van der Waals surface area (Å²) in [7, 11) is 0. The molecule has 1 aromatic carbocycles. The van der Waals surface area contributed by atoms with Crippen molar-refractivity contribution >= 4 is 12.0 Å². The Kier molecular flexibility index (Phi) is 4.90. The van der Waals surface area contributed by atoms with E-state index in [1.54, 1.807) is 0 Å². The predicted molar refractivity (Wildman–Crippen MR) is 81.9 cm³/mol. The molecule has 1 unspecified atom stereocenters. The summed E-state index contributed by atoms with van der Waals surface area (Å²) in [5.74, 6) is -0.0720. The minimum atomic E-state index is -0.859. The average molecular weight is 306 g/mol. The summed E-state index contributed by atoms with van der Waals surface area (Å²) in [6.45, 7) is 4.32. The minimum Gasteiger partial charge on any atom is -0.487 e. The zero-order valence-electron chi connectivity index (χ0n) is 12.9. The number of nitrogens with one attached hydrogen (secondary N) is 2. The molecule has 0 aromatic heterocycles. The maximum absolute atomic E-state index is 12.0. The Hall–Kier alpha value is -2.24. The highest BCUT2D eigenvalue weighted by Gasteiger charge is 2.34. The molecule has 6 nitrogen and oxygen atoms in total. The number of rotatable bonds is 5. The predicted octanol–water partition coefficient (Wildman–Crippen LogP) is 2.45. The van der Waals surface area contributed by atoms with Gasteiger partial charge in [-0.3, -0.25) is 4.79 Å². The topological polar surface area (TPSA) is 87.7 Å². The summed E-state index contributed by atoms with van der Waals surface area (Å²) in [6.07, 6.45) is 1.14. The summed E-state index contributed by atoms with van der Waals surface area (Å²) < 4.78 is 5.92. The molecule has 0 bridgehead atoms. The molecular formula is C16H22N2O4. The van der Waals surface area contributed by atoms with Gasteiger partial charge in [-0.05, 0) is 26.3 Å². The Bertz CT molecular complexity index is 557. The molecular weight excluding hydrogens is 284 g/mol. The number of para-hydroxylation sites is 1. The molecule has 0 fully saturated rings. The van der Waals surface area contributed by atoms with Gasteiger partial charge in [-0.15, -0.1) is 0 Å². The van der Waals surface area contributed by atoms with Crippen LogP contribution in [0.4, 0.5) is 4.79 Å². The van der Waals surface area contributed by atoms with Gasteiger partial charge in [0.05, 0.1) is 6.04 Å². The van der Waals surface area contributed by atoms with Crippen molar-refractivity contribution in [2.75, 3.05) is 6.54 Å². The Morgan fingerprint density at radius 3 is 2.82 bits per heavy atom. The molecule has 0 saturated heterocycles. The fourth-order valence-corrected chi connectivity index (χ4v) is 2.58. The molecule has 1 aliphatic heterocycles.